The van der Waals surface area contributed by atoms with Crippen LogP contribution in [0.25, 0.3) is 10.1 Å². The zero-order valence-electron chi connectivity index (χ0n) is 8.24. The third-order valence-corrected chi connectivity index (χ3v) is 3.41. The molecule has 78 valence electrons. The molecule has 3 heteroatoms. The van der Waals surface area contributed by atoms with Crippen LogP contribution in [0, 0.1) is 0 Å². The van der Waals surface area contributed by atoms with Crippen LogP contribution in [0.2, 0.25) is 0 Å². The Labute approximate surface area is 92.0 Å². The third-order valence-electron chi connectivity index (χ3n) is 2.29. The maximum atomic E-state index is 12.4. The number of nitrogens with two attached hydrogens (primary N) is 1. The van der Waals surface area contributed by atoms with Crippen molar-refractivity contribution in [3.8, 4) is 0 Å². The van der Waals surface area contributed by atoms with Crippen molar-refractivity contribution in [1.29, 1.82) is 0 Å². The van der Waals surface area contributed by atoms with Gasteiger partial charge < -0.3 is 5.73 Å². The van der Waals surface area contributed by atoms with E-state index in [-0.39, 0.29) is 6.54 Å². The maximum Gasteiger partial charge on any atom is 0.0875 e. The Morgan fingerprint density at radius 3 is 2.87 bits per heavy atom. The summed E-state index contributed by atoms with van der Waals surface area (Å²) in [6.45, 7) is 0.282. The number of thiophene rings is 1. The van der Waals surface area contributed by atoms with E-state index in [1.807, 2.05) is 12.1 Å². The second-order valence-electron chi connectivity index (χ2n) is 3.40. The summed E-state index contributed by atoms with van der Waals surface area (Å²) in [6, 6.07) is 10.3. The first-order valence-corrected chi connectivity index (χ1v) is 5.61. The van der Waals surface area contributed by atoms with Crippen molar-refractivity contribution < 1.29 is 4.39 Å². The van der Waals surface area contributed by atoms with Gasteiger partial charge in [-0.25, -0.2) is 4.39 Å². The third kappa shape index (κ3) is 2.25. The highest BCUT2D eigenvalue weighted by molar-refractivity contribution is 7.19. The van der Waals surface area contributed by atoms with Gasteiger partial charge in [-0.15, -0.1) is 11.3 Å². The Morgan fingerprint density at radius 2 is 2.20 bits per heavy atom. The summed E-state index contributed by atoms with van der Waals surface area (Å²) in [4.78, 5) is 1.16. The highest BCUT2D eigenvalue weighted by Crippen LogP contribution is 2.26. The van der Waals surface area contributed by atoms with E-state index in [1.54, 1.807) is 11.3 Å². The van der Waals surface area contributed by atoms with Crippen molar-refractivity contribution in [2.24, 2.45) is 5.73 Å². The normalized spacial score (nSPS) is 12.3. The molecule has 0 saturated heterocycles. The minimum atomic E-state index is 0.282. The fourth-order valence-electron chi connectivity index (χ4n) is 1.50. The molecule has 0 atom stereocenters. The summed E-state index contributed by atoms with van der Waals surface area (Å²) in [5.41, 5.74) is 6.06. The van der Waals surface area contributed by atoms with Crippen LogP contribution in [0.3, 0.4) is 0 Å². The van der Waals surface area contributed by atoms with E-state index in [0.29, 0.717) is 18.3 Å². The monoisotopic (exact) mass is 221 g/mol. The number of benzene rings is 1. The number of fused-ring (bicyclic) bond motifs is 1. The lowest BCUT2D eigenvalue weighted by Gasteiger charge is -1.97. The van der Waals surface area contributed by atoms with Gasteiger partial charge in [0.2, 0.25) is 0 Å². The van der Waals surface area contributed by atoms with Crippen LogP contribution in [0.4, 0.5) is 4.39 Å². The van der Waals surface area contributed by atoms with E-state index >= 15 is 0 Å². The number of rotatable bonds is 3. The molecule has 1 aromatic heterocycles. The van der Waals surface area contributed by atoms with Crippen molar-refractivity contribution in [3.63, 3.8) is 0 Å². The van der Waals surface area contributed by atoms with Gasteiger partial charge in [0.15, 0.2) is 0 Å². The number of halogens is 1. The highest BCUT2D eigenvalue weighted by atomic mass is 32.1. The Balaban J connectivity index is 2.29. The fourth-order valence-corrected chi connectivity index (χ4v) is 2.62. The van der Waals surface area contributed by atoms with Crippen LogP contribution >= 0.6 is 11.3 Å². The largest absolute Gasteiger partial charge is 0.327 e. The van der Waals surface area contributed by atoms with Crippen molar-refractivity contribution in [2.45, 2.75) is 6.42 Å². The molecule has 0 unspecified atom stereocenters. The molecule has 0 aliphatic rings. The van der Waals surface area contributed by atoms with Crippen LogP contribution in [-0.2, 0) is 6.42 Å². The molecular weight excluding hydrogens is 209 g/mol. The minimum absolute atomic E-state index is 0.282. The van der Waals surface area contributed by atoms with E-state index in [9.17, 15) is 4.39 Å². The van der Waals surface area contributed by atoms with Gasteiger partial charge in [-0.3, -0.25) is 0 Å². The van der Waals surface area contributed by atoms with Crippen molar-refractivity contribution in [1.82, 2.24) is 0 Å². The summed E-state index contributed by atoms with van der Waals surface area (Å²) in [6.07, 6.45) is 1.23. The smallest absolute Gasteiger partial charge is 0.0875 e. The summed E-state index contributed by atoms with van der Waals surface area (Å²) < 4.78 is 13.6. The van der Waals surface area contributed by atoms with Crippen LogP contribution < -0.4 is 5.73 Å². The van der Waals surface area contributed by atoms with Gasteiger partial charge in [-0.1, -0.05) is 18.2 Å². The van der Waals surface area contributed by atoms with E-state index in [1.165, 1.54) is 10.1 Å². The topological polar surface area (TPSA) is 26.0 Å². The van der Waals surface area contributed by atoms with Gasteiger partial charge in [-0.2, -0.15) is 0 Å². The maximum absolute atomic E-state index is 12.4. The SMILES string of the molecule is NC/C(=C\F)Cc1cc2ccccc2s1. The van der Waals surface area contributed by atoms with Crippen molar-refractivity contribution >= 4 is 21.4 Å². The Bertz CT molecular complexity index is 454. The van der Waals surface area contributed by atoms with Gasteiger partial charge in [-0.05, 0) is 23.1 Å². The molecule has 2 aromatic rings. The molecule has 0 aliphatic carbocycles. The van der Waals surface area contributed by atoms with Crippen LogP contribution in [0.5, 0.6) is 0 Å². The molecule has 0 saturated carbocycles. The highest BCUT2D eigenvalue weighted by Gasteiger charge is 2.03. The molecule has 0 amide bonds. The molecule has 0 spiro atoms. The summed E-state index contributed by atoms with van der Waals surface area (Å²) in [7, 11) is 0. The standard InChI is InChI=1S/C12H12FNS/c13-7-9(8-14)5-11-6-10-3-1-2-4-12(10)15-11/h1-4,6-7H,5,8,14H2/b9-7-. The average Bonchev–Trinajstić information content (AvgIpc) is 2.68. The molecule has 0 fully saturated rings. The van der Waals surface area contributed by atoms with Gasteiger partial charge in [0, 0.05) is 22.5 Å². The quantitative estimate of drug-likeness (QED) is 0.845. The van der Waals surface area contributed by atoms with Crippen molar-refractivity contribution in [2.75, 3.05) is 6.54 Å². The Morgan fingerprint density at radius 1 is 1.40 bits per heavy atom. The molecule has 0 aliphatic heterocycles. The lowest BCUT2D eigenvalue weighted by molar-refractivity contribution is 0.700. The molecule has 2 rings (SSSR count). The van der Waals surface area contributed by atoms with Gasteiger partial charge in [0.1, 0.15) is 0 Å². The van der Waals surface area contributed by atoms with Gasteiger partial charge in [0.05, 0.1) is 6.33 Å². The fraction of sp³-hybridized carbons (Fsp3) is 0.167. The molecule has 1 aromatic carbocycles. The van der Waals surface area contributed by atoms with Crippen LogP contribution in [-0.4, -0.2) is 6.54 Å². The lowest BCUT2D eigenvalue weighted by atomic mass is 10.1. The number of hydrogen-bond donors (Lipinski definition) is 1. The molecule has 2 N–H and O–H groups in total. The zero-order chi connectivity index (χ0) is 10.7. The molecule has 0 bridgehead atoms. The number of hydrogen-bond acceptors (Lipinski definition) is 2. The molecule has 1 heterocycles. The first-order valence-electron chi connectivity index (χ1n) is 4.79. The molecule has 15 heavy (non-hydrogen) atoms. The van der Waals surface area contributed by atoms with E-state index in [0.717, 1.165) is 4.88 Å². The zero-order valence-corrected chi connectivity index (χ0v) is 9.06. The van der Waals surface area contributed by atoms with E-state index in [2.05, 4.69) is 18.2 Å². The van der Waals surface area contributed by atoms with Crippen molar-refractivity contribution in [3.05, 3.63) is 47.1 Å². The Kier molecular flexibility index (Phi) is 3.14. The summed E-state index contributed by atoms with van der Waals surface area (Å²) >= 11 is 1.69. The first-order chi connectivity index (χ1) is 7.33. The van der Waals surface area contributed by atoms with E-state index < -0.39 is 0 Å². The minimum Gasteiger partial charge on any atom is -0.327 e. The summed E-state index contributed by atoms with van der Waals surface area (Å²) in [5, 5.41) is 1.22. The first kappa shape index (κ1) is 10.3. The average molecular weight is 221 g/mol. The van der Waals surface area contributed by atoms with Crippen LogP contribution in [0.15, 0.2) is 42.2 Å². The van der Waals surface area contributed by atoms with Crippen LogP contribution in [0.1, 0.15) is 4.88 Å². The predicted molar refractivity (Wildman–Crippen MR) is 63.8 cm³/mol. The molecule has 1 nitrogen and oxygen atoms in total. The second kappa shape index (κ2) is 4.55. The van der Waals surface area contributed by atoms with E-state index in [4.69, 9.17) is 5.73 Å². The van der Waals surface area contributed by atoms with Gasteiger partial charge >= 0.3 is 0 Å². The molecule has 0 radical (unpaired) electrons. The Hall–Kier alpha value is -1.19. The lowest BCUT2D eigenvalue weighted by Crippen LogP contribution is -2.04. The second-order valence-corrected chi connectivity index (χ2v) is 4.57. The molecular formula is C12H12FNS. The summed E-state index contributed by atoms with van der Waals surface area (Å²) in [5.74, 6) is 0. The van der Waals surface area contributed by atoms with Gasteiger partial charge in [0.25, 0.3) is 0 Å². The predicted octanol–water partition coefficient (Wildman–Crippen LogP) is 3.26.